The van der Waals surface area contributed by atoms with Crippen molar-refractivity contribution in [1.82, 2.24) is 9.62 Å². The van der Waals surface area contributed by atoms with Crippen LogP contribution in [0.3, 0.4) is 0 Å². The fourth-order valence-corrected chi connectivity index (χ4v) is 3.94. The Bertz CT molecular complexity index is 1270. The standard InChI is InChI=1S/C25H27N3O6S/c1-4-33-20-12-14-22(15-13-20)34-21-10-8-19(9-11-21)27-24(29)17-26-25(30)18-6-5-7-23(16-18)35(31,32)28(2)3/h5-16H,4,17H2,1-3H3,(H,26,30)(H,27,29). The molecule has 3 rings (SSSR count). The fourth-order valence-electron chi connectivity index (χ4n) is 2.99. The summed E-state index contributed by atoms with van der Waals surface area (Å²) < 4.78 is 36.8. The fraction of sp³-hybridized carbons (Fsp3) is 0.200. The molecular weight excluding hydrogens is 470 g/mol. The number of anilines is 1. The van der Waals surface area contributed by atoms with E-state index < -0.39 is 21.8 Å². The average molecular weight is 498 g/mol. The summed E-state index contributed by atoms with van der Waals surface area (Å²) in [6, 6.07) is 19.6. The molecule has 0 aromatic heterocycles. The molecule has 0 heterocycles. The lowest BCUT2D eigenvalue weighted by Gasteiger charge is -2.12. The first kappa shape index (κ1) is 25.7. The van der Waals surface area contributed by atoms with Crippen LogP contribution in [0.1, 0.15) is 17.3 Å². The number of amides is 2. The van der Waals surface area contributed by atoms with Gasteiger partial charge in [-0.25, -0.2) is 12.7 Å². The third kappa shape index (κ3) is 7.05. The lowest BCUT2D eigenvalue weighted by Crippen LogP contribution is -2.33. The highest BCUT2D eigenvalue weighted by atomic mass is 32.2. The smallest absolute Gasteiger partial charge is 0.251 e. The number of benzene rings is 3. The summed E-state index contributed by atoms with van der Waals surface area (Å²) in [4.78, 5) is 24.6. The van der Waals surface area contributed by atoms with Crippen molar-refractivity contribution in [2.45, 2.75) is 11.8 Å². The van der Waals surface area contributed by atoms with Gasteiger partial charge in [0.2, 0.25) is 15.9 Å². The number of rotatable bonds is 10. The number of carbonyl (C=O) groups excluding carboxylic acids is 2. The van der Waals surface area contributed by atoms with Gasteiger partial charge in [0.25, 0.3) is 5.91 Å². The summed E-state index contributed by atoms with van der Waals surface area (Å²) in [5, 5.41) is 5.17. The van der Waals surface area contributed by atoms with Gasteiger partial charge in [-0.1, -0.05) is 6.07 Å². The molecule has 0 atom stereocenters. The molecule has 0 spiro atoms. The predicted octanol–water partition coefficient (Wildman–Crippen LogP) is 3.50. The van der Waals surface area contributed by atoms with E-state index >= 15 is 0 Å². The van der Waals surface area contributed by atoms with Crippen molar-refractivity contribution in [1.29, 1.82) is 0 Å². The molecule has 184 valence electrons. The van der Waals surface area contributed by atoms with Crippen LogP contribution in [0.2, 0.25) is 0 Å². The second kappa shape index (κ2) is 11.5. The van der Waals surface area contributed by atoms with Gasteiger partial charge in [-0.3, -0.25) is 9.59 Å². The van der Waals surface area contributed by atoms with Gasteiger partial charge in [0.1, 0.15) is 17.2 Å². The lowest BCUT2D eigenvalue weighted by atomic mass is 10.2. The summed E-state index contributed by atoms with van der Waals surface area (Å²) in [6.45, 7) is 2.22. The maximum Gasteiger partial charge on any atom is 0.251 e. The first-order valence-electron chi connectivity index (χ1n) is 10.8. The van der Waals surface area contributed by atoms with Crippen LogP contribution in [0.15, 0.2) is 77.7 Å². The van der Waals surface area contributed by atoms with Gasteiger partial charge in [0, 0.05) is 25.3 Å². The summed E-state index contributed by atoms with van der Waals surface area (Å²) >= 11 is 0. The molecule has 0 aliphatic heterocycles. The van der Waals surface area contributed by atoms with Crippen molar-refractivity contribution >= 4 is 27.5 Å². The molecule has 2 N–H and O–H groups in total. The van der Waals surface area contributed by atoms with Gasteiger partial charge in [-0.05, 0) is 73.7 Å². The molecule has 0 fully saturated rings. The SMILES string of the molecule is CCOc1ccc(Oc2ccc(NC(=O)CNC(=O)c3cccc(S(=O)(=O)N(C)C)c3)cc2)cc1. The first-order chi connectivity index (χ1) is 16.7. The molecule has 2 amide bonds. The molecule has 0 saturated carbocycles. The summed E-state index contributed by atoms with van der Waals surface area (Å²) in [7, 11) is -0.859. The minimum Gasteiger partial charge on any atom is -0.494 e. The first-order valence-corrected chi connectivity index (χ1v) is 12.2. The van der Waals surface area contributed by atoms with Crippen LogP contribution < -0.4 is 20.1 Å². The molecule has 0 radical (unpaired) electrons. The Balaban J connectivity index is 1.52. The predicted molar refractivity (Wildman–Crippen MR) is 132 cm³/mol. The number of nitrogens with zero attached hydrogens (tertiary/aromatic N) is 1. The van der Waals surface area contributed by atoms with Gasteiger partial charge >= 0.3 is 0 Å². The highest BCUT2D eigenvalue weighted by Crippen LogP contribution is 2.25. The Morgan fingerprint density at radius 3 is 2.09 bits per heavy atom. The van der Waals surface area contributed by atoms with E-state index in [1.165, 1.54) is 38.4 Å². The molecule has 0 unspecified atom stereocenters. The largest absolute Gasteiger partial charge is 0.494 e. The van der Waals surface area contributed by atoms with Crippen LogP contribution in [-0.2, 0) is 14.8 Å². The lowest BCUT2D eigenvalue weighted by molar-refractivity contribution is -0.115. The number of hydrogen-bond donors (Lipinski definition) is 2. The van der Waals surface area contributed by atoms with Crippen LogP contribution >= 0.6 is 0 Å². The van der Waals surface area contributed by atoms with Crippen molar-refractivity contribution in [3.05, 3.63) is 78.4 Å². The maximum atomic E-state index is 12.4. The number of ether oxygens (including phenoxy) is 2. The third-order valence-electron chi connectivity index (χ3n) is 4.79. The molecule has 3 aromatic carbocycles. The highest BCUT2D eigenvalue weighted by molar-refractivity contribution is 7.89. The topological polar surface area (TPSA) is 114 Å². The second-order valence-corrected chi connectivity index (χ2v) is 9.73. The summed E-state index contributed by atoms with van der Waals surface area (Å²) in [5.74, 6) is 1.00. The van der Waals surface area contributed by atoms with E-state index in [1.807, 2.05) is 19.1 Å². The highest BCUT2D eigenvalue weighted by Gasteiger charge is 2.19. The van der Waals surface area contributed by atoms with Crippen LogP contribution in [-0.4, -0.2) is 51.8 Å². The normalized spacial score (nSPS) is 11.1. The zero-order valence-corrected chi connectivity index (χ0v) is 20.5. The van der Waals surface area contributed by atoms with Gasteiger partial charge in [-0.15, -0.1) is 0 Å². The van der Waals surface area contributed by atoms with E-state index in [4.69, 9.17) is 9.47 Å². The molecule has 0 bridgehead atoms. The van der Waals surface area contributed by atoms with Crippen molar-refractivity contribution in [2.75, 3.05) is 32.6 Å². The van der Waals surface area contributed by atoms with E-state index in [0.29, 0.717) is 23.8 Å². The van der Waals surface area contributed by atoms with Crippen LogP contribution in [0.25, 0.3) is 0 Å². The van der Waals surface area contributed by atoms with Crippen molar-refractivity contribution in [3.63, 3.8) is 0 Å². The molecular formula is C25H27N3O6S. The average Bonchev–Trinajstić information content (AvgIpc) is 2.85. The zero-order valence-electron chi connectivity index (χ0n) is 19.6. The zero-order chi connectivity index (χ0) is 25.4. The molecule has 35 heavy (non-hydrogen) atoms. The molecule has 3 aromatic rings. The van der Waals surface area contributed by atoms with E-state index in [2.05, 4.69) is 10.6 Å². The molecule has 0 aliphatic carbocycles. The Morgan fingerprint density at radius 1 is 0.886 bits per heavy atom. The van der Waals surface area contributed by atoms with E-state index in [0.717, 1.165) is 10.1 Å². The van der Waals surface area contributed by atoms with Gasteiger partial charge in [0.15, 0.2) is 0 Å². The number of sulfonamides is 1. The van der Waals surface area contributed by atoms with Crippen molar-refractivity contribution in [2.24, 2.45) is 0 Å². The Kier molecular flexibility index (Phi) is 8.45. The summed E-state index contributed by atoms with van der Waals surface area (Å²) in [6.07, 6.45) is 0. The number of nitrogens with one attached hydrogen (secondary N) is 2. The van der Waals surface area contributed by atoms with Crippen LogP contribution in [0.4, 0.5) is 5.69 Å². The maximum absolute atomic E-state index is 12.4. The van der Waals surface area contributed by atoms with E-state index in [-0.39, 0.29) is 17.0 Å². The van der Waals surface area contributed by atoms with Gasteiger partial charge in [-0.2, -0.15) is 0 Å². The number of carbonyl (C=O) groups is 2. The quantitative estimate of drug-likeness (QED) is 0.443. The Morgan fingerprint density at radius 2 is 1.49 bits per heavy atom. The monoisotopic (exact) mass is 497 g/mol. The molecule has 0 saturated heterocycles. The van der Waals surface area contributed by atoms with Crippen molar-refractivity contribution < 1.29 is 27.5 Å². The van der Waals surface area contributed by atoms with Crippen LogP contribution in [0, 0.1) is 0 Å². The van der Waals surface area contributed by atoms with Gasteiger partial charge in [0.05, 0.1) is 18.0 Å². The van der Waals surface area contributed by atoms with E-state index in [9.17, 15) is 18.0 Å². The van der Waals surface area contributed by atoms with Crippen molar-refractivity contribution in [3.8, 4) is 17.2 Å². The molecule has 10 heteroatoms. The second-order valence-electron chi connectivity index (χ2n) is 7.58. The Hall–Kier alpha value is -3.89. The minimum absolute atomic E-state index is 0.00727. The molecule has 9 nitrogen and oxygen atoms in total. The summed E-state index contributed by atoms with van der Waals surface area (Å²) in [5.41, 5.74) is 0.666. The van der Waals surface area contributed by atoms with Crippen LogP contribution in [0.5, 0.6) is 17.2 Å². The Labute approximate surface area is 204 Å². The molecule has 0 aliphatic rings. The number of hydrogen-bond acceptors (Lipinski definition) is 6. The minimum atomic E-state index is -3.67. The van der Waals surface area contributed by atoms with Gasteiger partial charge < -0.3 is 20.1 Å². The van der Waals surface area contributed by atoms with E-state index in [1.54, 1.807) is 36.4 Å². The third-order valence-corrected chi connectivity index (χ3v) is 6.60.